The summed E-state index contributed by atoms with van der Waals surface area (Å²) in [5, 5.41) is 17.0. The number of nitrogens with zero attached hydrogens (tertiary/aromatic N) is 7. The van der Waals surface area contributed by atoms with E-state index < -0.39 is 0 Å². The van der Waals surface area contributed by atoms with E-state index in [-0.39, 0.29) is 12.4 Å². The zero-order chi connectivity index (χ0) is 23.7. The smallest absolute Gasteiger partial charge is 0.155 e. The number of pyridine rings is 2. The Morgan fingerprint density at radius 3 is 2.74 bits per heavy atom. The third kappa shape index (κ3) is 4.78. The Morgan fingerprint density at radius 1 is 1.11 bits per heavy atom. The van der Waals surface area contributed by atoms with Crippen LogP contribution in [0.3, 0.4) is 0 Å². The molecule has 1 aromatic carbocycles. The lowest BCUT2D eigenvalue weighted by Crippen LogP contribution is -2.12. The highest BCUT2D eigenvalue weighted by Crippen LogP contribution is 2.30. The molecule has 0 atom stereocenters. The molecule has 35 heavy (non-hydrogen) atoms. The molecule has 0 spiro atoms. The third-order valence-corrected chi connectivity index (χ3v) is 5.50. The van der Waals surface area contributed by atoms with Crippen LogP contribution in [0.4, 0.5) is 11.4 Å². The van der Waals surface area contributed by atoms with Crippen molar-refractivity contribution in [2.45, 2.75) is 13.5 Å². The molecule has 0 bridgehead atoms. The van der Waals surface area contributed by atoms with Crippen LogP contribution in [-0.4, -0.2) is 43.6 Å². The summed E-state index contributed by atoms with van der Waals surface area (Å²) in [5.41, 5.74) is 7.47. The van der Waals surface area contributed by atoms with Gasteiger partial charge in [0.1, 0.15) is 12.2 Å². The molecule has 0 saturated carbocycles. The molecule has 4 heterocycles. The lowest BCUT2D eigenvalue weighted by atomic mass is 10.1. The number of rotatable bonds is 6. The first-order valence-electron chi connectivity index (χ1n) is 10.8. The van der Waals surface area contributed by atoms with Crippen LogP contribution in [0, 0.1) is 18.3 Å². The Kier molecular flexibility index (Phi) is 6.66. The maximum absolute atomic E-state index is 9.32. The van der Waals surface area contributed by atoms with Crippen LogP contribution in [0.25, 0.3) is 28.3 Å². The zero-order valence-corrected chi connectivity index (χ0v) is 20.3. The van der Waals surface area contributed by atoms with E-state index in [0.717, 1.165) is 51.2 Å². The minimum atomic E-state index is 0. The molecule has 0 saturated heterocycles. The number of aromatic amines is 1. The third-order valence-electron chi connectivity index (χ3n) is 5.50. The van der Waals surface area contributed by atoms with E-state index in [4.69, 9.17) is 9.97 Å². The van der Waals surface area contributed by atoms with Crippen LogP contribution in [0.2, 0.25) is 0 Å². The van der Waals surface area contributed by atoms with Crippen LogP contribution in [0.5, 0.6) is 0 Å². The van der Waals surface area contributed by atoms with Crippen molar-refractivity contribution in [1.29, 1.82) is 5.26 Å². The van der Waals surface area contributed by atoms with Gasteiger partial charge in [0.05, 0.1) is 46.6 Å². The first-order valence-corrected chi connectivity index (χ1v) is 10.8. The molecule has 5 aromatic rings. The molecule has 0 fully saturated rings. The number of nitriles is 1. The zero-order valence-electron chi connectivity index (χ0n) is 19.5. The predicted octanol–water partition coefficient (Wildman–Crippen LogP) is 4.46. The van der Waals surface area contributed by atoms with Crippen molar-refractivity contribution < 1.29 is 0 Å². The van der Waals surface area contributed by atoms with E-state index in [1.165, 1.54) is 6.33 Å². The van der Waals surface area contributed by atoms with Gasteiger partial charge in [-0.2, -0.15) is 10.4 Å². The van der Waals surface area contributed by atoms with E-state index in [9.17, 15) is 5.26 Å². The Labute approximate surface area is 208 Å². The van der Waals surface area contributed by atoms with E-state index in [1.54, 1.807) is 4.52 Å². The number of aromatic nitrogens is 6. The number of imidazole rings is 1. The summed E-state index contributed by atoms with van der Waals surface area (Å²) in [6.07, 6.45) is 3.44. The van der Waals surface area contributed by atoms with E-state index in [1.807, 2.05) is 80.6 Å². The normalized spacial score (nSPS) is 10.6. The van der Waals surface area contributed by atoms with Gasteiger partial charge in [-0.25, -0.2) is 14.5 Å². The number of hydrogen-bond donors (Lipinski definition) is 2. The molecule has 9 nitrogen and oxygen atoms in total. The lowest BCUT2D eigenvalue weighted by Gasteiger charge is -2.18. The molecule has 0 aliphatic carbocycles. The van der Waals surface area contributed by atoms with Crippen LogP contribution in [0.15, 0.2) is 61.1 Å². The fourth-order valence-corrected chi connectivity index (χ4v) is 3.86. The first kappa shape index (κ1) is 23.7. The molecule has 5 rings (SSSR count). The highest BCUT2D eigenvalue weighted by molar-refractivity contribution is 5.85. The molecule has 2 N–H and O–H groups in total. The molecular formula is C25H24ClN9. The van der Waals surface area contributed by atoms with Crippen molar-refractivity contribution in [3.8, 4) is 28.7 Å². The summed E-state index contributed by atoms with van der Waals surface area (Å²) < 4.78 is 1.73. The average Bonchev–Trinajstić information content (AvgIpc) is 3.49. The van der Waals surface area contributed by atoms with Gasteiger partial charge < -0.3 is 15.2 Å². The standard InChI is InChI=1S/C25H23N9.ClH/c1-16-5-4-6-19(30-16)25-24(18-8-10-23-28-15-29-34(23)14-18)31-22(32-25)13-27-20-11-17(12-26)7-9-21(20)33(2)3;/h4-11,14-15,27H,13H2,1-3H3,(H,31,32);1H. The number of halogens is 1. The Balaban J connectivity index is 0.00000289. The Hall–Kier alpha value is -4.42. The second-order valence-corrected chi connectivity index (χ2v) is 8.14. The van der Waals surface area contributed by atoms with Gasteiger partial charge in [-0.1, -0.05) is 6.07 Å². The highest BCUT2D eigenvalue weighted by atomic mass is 35.5. The van der Waals surface area contributed by atoms with Gasteiger partial charge in [0, 0.05) is 31.5 Å². The highest BCUT2D eigenvalue weighted by Gasteiger charge is 2.17. The van der Waals surface area contributed by atoms with Crippen molar-refractivity contribution in [2.75, 3.05) is 24.3 Å². The molecule has 4 aromatic heterocycles. The molecule has 0 aliphatic heterocycles. The van der Waals surface area contributed by atoms with E-state index >= 15 is 0 Å². The maximum atomic E-state index is 9.32. The minimum absolute atomic E-state index is 0. The molecule has 0 aliphatic rings. The predicted molar refractivity (Wildman–Crippen MR) is 139 cm³/mol. The lowest BCUT2D eigenvalue weighted by molar-refractivity contribution is 0.960. The number of nitrogens with one attached hydrogen (secondary N) is 2. The fourth-order valence-electron chi connectivity index (χ4n) is 3.86. The Bertz CT molecular complexity index is 1530. The summed E-state index contributed by atoms with van der Waals surface area (Å²) in [7, 11) is 3.94. The van der Waals surface area contributed by atoms with Gasteiger partial charge in [0.15, 0.2) is 5.65 Å². The monoisotopic (exact) mass is 485 g/mol. The number of aryl methyl sites for hydroxylation is 1. The van der Waals surface area contributed by atoms with E-state index in [2.05, 4.69) is 26.5 Å². The van der Waals surface area contributed by atoms with Crippen molar-refractivity contribution in [3.63, 3.8) is 0 Å². The number of fused-ring (bicyclic) bond motifs is 1. The Morgan fingerprint density at radius 2 is 1.97 bits per heavy atom. The quantitative estimate of drug-likeness (QED) is 0.365. The van der Waals surface area contributed by atoms with Gasteiger partial charge in [-0.3, -0.25) is 4.98 Å². The maximum Gasteiger partial charge on any atom is 0.155 e. The van der Waals surface area contributed by atoms with Crippen molar-refractivity contribution in [3.05, 3.63) is 78.1 Å². The summed E-state index contributed by atoms with van der Waals surface area (Å²) in [6, 6.07) is 17.6. The molecule has 0 amide bonds. The van der Waals surface area contributed by atoms with Crippen LogP contribution < -0.4 is 10.2 Å². The molecule has 0 radical (unpaired) electrons. The van der Waals surface area contributed by atoms with Crippen LogP contribution in [0.1, 0.15) is 17.1 Å². The number of hydrogen-bond acceptors (Lipinski definition) is 7. The summed E-state index contributed by atoms with van der Waals surface area (Å²) >= 11 is 0. The van der Waals surface area contributed by atoms with Gasteiger partial charge in [-0.05, 0) is 49.4 Å². The van der Waals surface area contributed by atoms with Gasteiger partial charge in [0.2, 0.25) is 0 Å². The topological polar surface area (TPSA) is 111 Å². The number of benzene rings is 1. The fraction of sp³-hybridized carbons (Fsp3) is 0.160. The number of H-pyrrole nitrogens is 1. The molecular weight excluding hydrogens is 462 g/mol. The second kappa shape index (κ2) is 9.83. The minimum Gasteiger partial charge on any atom is -0.376 e. The van der Waals surface area contributed by atoms with Gasteiger partial charge in [0.25, 0.3) is 0 Å². The summed E-state index contributed by atoms with van der Waals surface area (Å²) in [6.45, 7) is 2.41. The molecule has 0 unspecified atom stereocenters. The van der Waals surface area contributed by atoms with Crippen molar-refractivity contribution >= 4 is 29.4 Å². The molecule has 10 heteroatoms. The molecule has 176 valence electrons. The van der Waals surface area contributed by atoms with Crippen LogP contribution in [-0.2, 0) is 6.54 Å². The largest absolute Gasteiger partial charge is 0.376 e. The SMILES string of the molecule is Cc1cccc(-c2[nH]c(CNc3cc(C#N)ccc3N(C)C)nc2-c2ccc3ncnn3c2)n1.Cl. The van der Waals surface area contributed by atoms with Crippen molar-refractivity contribution in [1.82, 2.24) is 29.5 Å². The van der Waals surface area contributed by atoms with Crippen LogP contribution >= 0.6 is 12.4 Å². The average molecular weight is 486 g/mol. The van der Waals surface area contributed by atoms with Gasteiger partial charge >= 0.3 is 0 Å². The second-order valence-electron chi connectivity index (χ2n) is 8.14. The van der Waals surface area contributed by atoms with Gasteiger partial charge in [-0.15, -0.1) is 12.4 Å². The first-order chi connectivity index (χ1) is 16.5. The summed E-state index contributed by atoms with van der Waals surface area (Å²) in [4.78, 5) is 19.3. The number of anilines is 2. The summed E-state index contributed by atoms with van der Waals surface area (Å²) in [5.74, 6) is 0.749. The van der Waals surface area contributed by atoms with E-state index in [0.29, 0.717) is 12.1 Å². The van der Waals surface area contributed by atoms with Crippen molar-refractivity contribution in [2.24, 2.45) is 0 Å².